The first kappa shape index (κ1) is 11.9. The Hall–Kier alpha value is -1.54. The highest BCUT2D eigenvalue weighted by molar-refractivity contribution is 8.13. The van der Waals surface area contributed by atoms with Gasteiger partial charge in [0.05, 0.1) is 5.69 Å². The second-order valence-electron chi connectivity index (χ2n) is 3.84. The molecule has 0 aliphatic heterocycles. The second kappa shape index (κ2) is 5.19. The zero-order valence-electron chi connectivity index (χ0n) is 9.40. The Labute approximate surface area is 104 Å². The summed E-state index contributed by atoms with van der Waals surface area (Å²) >= 11 is 1.35. The van der Waals surface area contributed by atoms with Gasteiger partial charge in [-0.15, -0.1) is 0 Å². The third-order valence-electron chi connectivity index (χ3n) is 2.58. The van der Waals surface area contributed by atoms with E-state index >= 15 is 0 Å². The van der Waals surface area contributed by atoms with Crippen molar-refractivity contribution in [1.82, 2.24) is 5.32 Å². The zero-order chi connectivity index (χ0) is 12.3. The summed E-state index contributed by atoms with van der Waals surface area (Å²) in [5.41, 5.74) is 1.42. The van der Waals surface area contributed by atoms with Crippen molar-refractivity contribution in [3.05, 3.63) is 29.6 Å². The summed E-state index contributed by atoms with van der Waals surface area (Å²) in [4.78, 5) is 4.26. The molecule has 1 saturated carbocycles. The van der Waals surface area contributed by atoms with Crippen LogP contribution >= 0.6 is 11.8 Å². The van der Waals surface area contributed by atoms with E-state index in [-0.39, 0.29) is 5.82 Å². The van der Waals surface area contributed by atoms with Crippen LogP contribution in [0.4, 0.5) is 10.1 Å². The van der Waals surface area contributed by atoms with Crippen LogP contribution in [0.15, 0.2) is 23.2 Å². The number of nitrogens with one attached hydrogen (secondary N) is 1. The molecule has 17 heavy (non-hydrogen) atoms. The Balaban J connectivity index is 2.27. The maximum atomic E-state index is 13.5. The molecule has 0 saturated heterocycles. The first-order valence-corrected chi connectivity index (χ1v) is 6.54. The summed E-state index contributed by atoms with van der Waals surface area (Å²) in [5.74, 6) is 0.192. The van der Waals surface area contributed by atoms with Crippen LogP contribution in [-0.4, -0.2) is 11.4 Å². The van der Waals surface area contributed by atoms with Gasteiger partial charge in [-0.05, 0) is 48.8 Å². The van der Waals surface area contributed by atoms with Gasteiger partial charge in [0.15, 0.2) is 11.4 Å². The maximum Gasteiger partial charge on any atom is 0.183 e. The Morgan fingerprint density at radius 2 is 2.35 bits per heavy atom. The van der Waals surface area contributed by atoms with E-state index < -0.39 is 0 Å². The van der Waals surface area contributed by atoms with Crippen LogP contribution in [0.2, 0.25) is 0 Å². The number of halogens is 1. The smallest absolute Gasteiger partial charge is 0.183 e. The average molecular weight is 249 g/mol. The quantitative estimate of drug-likeness (QED) is 0.379. The number of benzene rings is 1. The summed E-state index contributed by atoms with van der Waals surface area (Å²) < 4.78 is 13.5. The highest BCUT2D eigenvalue weighted by Crippen LogP contribution is 2.42. The third kappa shape index (κ3) is 2.98. The van der Waals surface area contributed by atoms with Crippen LogP contribution in [0.3, 0.4) is 0 Å². The van der Waals surface area contributed by atoms with E-state index in [0.717, 1.165) is 18.4 Å². The van der Waals surface area contributed by atoms with Crippen molar-refractivity contribution >= 4 is 22.6 Å². The van der Waals surface area contributed by atoms with Gasteiger partial charge in [0.2, 0.25) is 0 Å². The molecule has 2 rings (SSSR count). The minimum atomic E-state index is -0.162. The Morgan fingerprint density at radius 1 is 1.59 bits per heavy atom. The van der Waals surface area contributed by atoms with E-state index in [1.807, 2.05) is 12.4 Å². The Morgan fingerprint density at radius 3 is 2.94 bits per heavy atom. The molecule has 1 aliphatic rings. The number of thioether (sulfide) groups is 1. The second-order valence-corrected chi connectivity index (χ2v) is 4.63. The summed E-state index contributed by atoms with van der Waals surface area (Å²) in [5, 5.41) is 11.5. The molecule has 0 radical (unpaired) electrons. The molecule has 1 aliphatic carbocycles. The third-order valence-corrected chi connectivity index (χ3v) is 3.16. The van der Waals surface area contributed by atoms with E-state index in [1.54, 1.807) is 12.1 Å². The van der Waals surface area contributed by atoms with Crippen molar-refractivity contribution in [2.75, 3.05) is 6.26 Å². The lowest BCUT2D eigenvalue weighted by Gasteiger charge is -2.04. The molecule has 0 amide bonds. The molecule has 0 atom stereocenters. The van der Waals surface area contributed by atoms with Gasteiger partial charge in [0.1, 0.15) is 5.82 Å². The van der Waals surface area contributed by atoms with Crippen molar-refractivity contribution in [3.63, 3.8) is 0 Å². The van der Waals surface area contributed by atoms with Crippen LogP contribution < -0.4 is 5.32 Å². The molecule has 1 N–H and O–H groups in total. The summed E-state index contributed by atoms with van der Waals surface area (Å²) in [6.07, 6.45) is 5.76. The molecule has 0 aromatic heterocycles. The molecular formula is C12H12FN3S. The monoisotopic (exact) mass is 249 g/mol. The molecule has 0 spiro atoms. The van der Waals surface area contributed by atoms with E-state index in [1.165, 1.54) is 17.8 Å². The lowest BCUT2D eigenvalue weighted by Crippen LogP contribution is -2.12. The standard InChI is InChI=1S/C12H12FN3S/c1-17-12(15-7-14)16-9-4-5-11(13)10(6-9)8-2-3-8/h4-6,8H,2-3H2,1H3,(H,15,16). The van der Waals surface area contributed by atoms with Gasteiger partial charge in [-0.2, -0.15) is 5.26 Å². The van der Waals surface area contributed by atoms with Crippen molar-refractivity contribution in [3.8, 4) is 6.19 Å². The molecule has 0 bridgehead atoms. The van der Waals surface area contributed by atoms with Gasteiger partial charge in [0, 0.05) is 0 Å². The highest BCUT2D eigenvalue weighted by atomic mass is 32.2. The first-order valence-electron chi connectivity index (χ1n) is 5.32. The lowest BCUT2D eigenvalue weighted by molar-refractivity contribution is 0.611. The fraction of sp³-hybridized carbons (Fsp3) is 0.333. The SMILES string of the molecule is CSC(=Nc1ccc(F)c(C2CC2)c1)NC#N. The molecule has 0 heterocycles. The molecule has 3 nitrogen and oxygen atoms in total. The Bertz CT molecular complexity index is 489. The van der Waals surface area contributed by atoms with E-state index in [4.69, 9.17) is 5.26 Å². The number of aliphatic imine (C=N–C) groups is 1. The molecular weight excluding hydrogens is 237 g/mol. The first-order chi connectivity index (χ1) is 8.24. The van der Waals surface area contributed by atoms with Crippen molar-refractivity contribution in [2.24, 2.45) is 4.99 Å². The molecule has 0 unspecified atom stereocenters. The highest BCUT2D eigenvalue weighted by Gasteiger charge is 2.26. The zero-order valence-corrected chi connectivity index (χ0v) is 10.2. The number of hydrogen-bond donors (Lipinski definition) is 1. The van der Waals surface area contributed by atoms with Crippen LogP contribution in [0.5, 0.6) is 0 Å². The fourth-order valence-electron chi connectivity index (χ4n) is 1.60. The van der Waals surface area contributed by atoms with E-state index in [2.05, 4.69) is 10.3 Å². The number of nitriles is 1. The summed E-state index contributed by atoms with van der Waals surface area (Å²) in [6, 6.07) is 4.83. The predicted octanol–water partition coefficient (Wildman–Crippen LogP) is 3.12. The lowest BCUT2D eigenvalue weighted by atomic mass is 10.1. The summed E-state index contributed by atoms with van der Waals surface area (Å²) in [7, 11) is 0. The topological polar surface area (TPSA) is 48.2 Å². The van der Waals surface area contributed by atoms with Crippen LogP contribution in [0.25, 0.3) is 0 Å². The van der Waals surface area contributed by atoms with Gasteiger partial charge in [-0.25, -0.2) is 9.38 Å². The van der Waals surface area contributed by atoms with E-state index in [9.17, 15) is 4.39 Å². The normalized spacial score (nSPS) is 15.5. The Kier molecular flexibility index (Phi) is 3.64. The van der Waals surface area contributed by atoms with E-state index in [0.29, 0.717) is 16.8 Å². The molecule has 88 valence electrons. The minimum absolute atomic E-state index is 0.162. The summed E-state index contributed by atoms with van der Waals surface area (Å²) in [6.45, 7) is 0. The average Bonchev–Trinajstić information content (AvgIpc) is 3.15. The molecule has 5 heteroatoms. The largest absolute Gasteiger partial charge is 0.271 e. The number of nitrogens with zero attached hydrogens (tertiary/aromatic N) is 2. The van der Waals surface area contributed by atoms with Gasteiger partial charge in [-0.3, -0.25) is 5.32 Å². The molecule has 1 aromatic carbocycles. The van der Waals surface area contributed by atoms with Crippen LogP contribution in [-0.2, 0) is 0 Å². The molecule has 1 fully saturated rings. The number of rotatable bonds is 2. The van der Waals surface area contributed by atoms with Gasteiger partial charge < -0.3 is 0 Å². The van der Waals surface area contributed by atoms with Crippen molar-refractivity contribution in [2.45, 2.75) is 18.8 Å². The van der Waals surface area contributed by atoms with Gasteiger partial charge >= 0.3 is 0 Å². The van der Waals surface area contributed by atoms with Gasteiger partial charge in [-0.1, -0.05) is 11.8 Å². The van der Waals surface area contributed by atoms with Crippen molar-refractivity contribution < 1.29 is 4.39 Å². The maximum absolute atomic E-state index is 13.5. The van der Waals surface area contributed by atoms with Crippen molar-refractivity contribution in [1.29, 1.82) is 5.26 Å². The number of amidine groups is 1. The number of hydrogen-bond acceptors (Lipinski definition) is 3. The predicted molar refractivity (Wildman–Crippen MR) is 67.7 cm³/mol. The van der Waals surface area contributed by atoms with Gasteiger partial charge in [0.25, 0.3) is 0 Å². The minimum Gasteiger partial charge on any atom is -0.271 e. The van der Waals surface area contributed by atoms with Crippen LogP contribution in [0.1, 0.15) is 24.3 Å². The van der Waals surface area contributed by atoms with Crippen LogP contribution in [0, 0.1) is 17.3 Å². The fourth-order valence-corrected chi connectivity index (χ4v) is 1.94. The molecule has 1 aromatic rings.